The zero-order valence-corrected chi connectivity index (χ0v) is 9.23. The lowest BCUT2D eigenvalue weighted by Crippen LogP contribution is -2.40. The van der Waals surface area contributed by atoms with Crippen molar-refractivity contribution in [3.63, 3.8) is 0 Å². The third kappa shape index (κ3) is 2.71. The standard InChI is InChI=1S/C12H24N2/c13-12(7-3-4-8-12)9-10-14-11-5-1-2-6-11/h11,14H,1-10,13H2. The van der Waals surface area contributed by atoms with Gasteiger partial charge >= 0.3 is 0 Å². The summed E-state index contributed by atoms with van der Waals surface area (Å²) in [5.74, 6) is 0. The van der Waals surface area contributed by atoms with Crippen molar-refractivity contribution in [2.45, 2.75) is 69.4 Å². The Kier molecular flexibility index (Phi) is 3.45. The van der Waals surface area contributed by atoms with Crippen molar-refractivity contribution in [3.8, 4) is 0 Å². The van der Waals surface area contributed by atoms with Gasteiger partial charge < -0.3 is 11.1 Å². The van der Waals surface area contributed by atoms with Crippen molar-refractivity contribution >= 4 is 0 Å². The van der Waals surface area contributed by atoms with Gasteiger partial charge in [0, 0.05) is 11.6 Å². The number of rotatable bonds is 4. The van der Waals surface area contributed by atoms with Gasteiger partial charge in [-0.2, -0.15) is 0 Å². The summed E-state index contributed by atoms with van der Waals surface area (Å²) in [6.07, 6.45) is 12.0. The van der Waals surface area contributed by atoms with E-state index in [2.05, 4.69) is 5.32 Å². The normalized spacial score (nSPS) is 27.2. The van der Waals surface area contributed by atoms with E-state index in [0.29, 0.717) is 0 Å². The topological polar surface area (TPSA) is 38.0 Å². The molecular formula is C12H24N2. The molecule has 2 aliphatic rings. The number of nitrogens with two attached hydrogens (primary N) is 1. The molecule has 0 spiro atoms. The molecule has 0 heterocycles. The second-order valence-corrected chi connectivity index (χ2v) is 5.25. The van der Waals surface area contributed by atoms with E-state index < -0.39 is 0 Å². The Bertz CT molecular complexity index is 167. The first-order valence-corrected chi connectivity index (χ1v) is 6.31. The van der Waals surface area contributed by atoms with Crippen LogP contribution in [-0.4, -0.2) is 18.1 Å². The van der Waals surface area contributed by atoms with Crippen molar-refractivity contribution in [1.82, 2.24) is 5.32 Å². The first-order valence-electron chi connectivity index (χ1n) is 6.31. The highest BCUT2D eigenvalue weighted by atomic mass is 14.9. The van der Waals surface area contributed by atoms with Crippen molar-refractivity contribution in [1.29, 1.82) is 0 Å². The molecule has 0 bridgehead atoms. The third-order valence-electron chi connectivity index (χ3n) is 4.01. The fourth-order valence-electron chi connectivity index (χ4n) is 2.98. The van der Waals surface area contributed by atoms with Crippen LogP contribution in [0.25, 0.3) is 0 Å². The Morgan fingerprint density at radius 1 is 1.07 bits per heavy atom. The second-order valence-electron chi connectivity index (χ2n) is 5.25. The van der Waals surface area contributed by atoms with E-state index in [0.717, 1.165) is 12.6 Å². The van der Waals surface area contributed by atoms with E-state index in [9.17, 15) is 0 Å². The number of nitrogens with one attached hydrogen (secondary N) is 1. The van der Waals surface area contributed by atoms with Gasteiger partial charge in [0.15, 0.2) is 0 Å². The van der Waals surface area contributed by atoms with Crippen LogP contribution in [0.3, 0.4) is 0 Å². The van der Waals surface area contributed by atoms with Gasteiger partial charge in [0.25, 0.3) is 0 Å². The Balaban J connectivity index is 1.61. The van der Waals surface area contributed by atoms with Gasteiger partial charge in [-0.1, -0.05) is 25.7 Å². The molecule has 2 saturated carbocycles. The summed E-state index contributed by atoms with van der Waals surface area (Å²) in [6.45, 7) is 1.14. The molecule has 0 aromatic carbocycles. The van der Waals surface area contributed by atoms with E-state index in [4.69, 9.17) is 5.73 Å². The number of hydrogen-bond acceptors (Lipinski definition) is 2. The Morgan fingerprint density at radius 2 is 1.71 bits per heavy atom. The molecule has 0 unspecified atom stereocenters. The molecular weight excluding hydrogens is 172 g/mol. The molecule has 0 atom stereocenters. The van der Waals surface area contributed by atoms with E-state index in [1.54, 1.807) is 0 Å². The van der Waals surface area contributed by atoms with Crippen LogP contribution in [0.4, 0.5) is 0 Å². The Hall–Kier alpha value is -0.0800. The summed E-state index contributed by atoms with van der Waals surface area (Å²) in [5.41, 5.74) is 6.49. The van der Waals surface area contributed by atoms with Crippen LogP contribution >= 0.6 is 0 Å². The van der Waals surface area contributed by atoms with Crippen LogP contribution < -0.4 is 11.1 Å². The molecule has 0 aromatic rings. The van der Waals surface area contributed by atoms with Crippen LogP contribution in [0.1, 0.15) is 57.8 Å². The summed E-state index contributed by atoms with van der Waals surface area (Å²) in [7, 11) is 0. The minimum Gasteiger partial charge on any atom is -0.325 e. The Morgan fingerprint density at radius 3 is 2.36 bits per heavy atom. The molecule has 14 heavy (non-hydrogen) atoms. The van der Waals surface area contributed by atoms with Crippen molar-refractivity contribution in [2.75, 3.05) is 6.54 Å². The van der Waals surface area contributed by atoms with E-state index in [-0.39, 0.29) is 5.54 Å². The van der Waals surface area contributed by atoms with Crippen LogP contribution in [0.5, 0.6) is 0 Å². The van der Waals surface area contributed by atoms with Gasteiger partial charge in [0.1, 0.15) is 0 Å². The SMILES string of the molecule is NC1(CCNC2CCCC2)CCCC1. The molecule has 2 nitrogen and oxygen atoms in total. The molecule has 3 N–H and O–H groups in total. The van der Waals surface area contributed by atoms with Gasteiger partial charge in [-0.25, -0.2) is 0 Å². The van der Waals surface area contributed by atoms with Crippen LogP contribution in [-0.2, 0) is 0 Å². The van der Waals surface area contributed by atoms with Gasteiger partial charge in [0.2, 0.25) is 0 Å². The third-order valence-corrected chi connectivity index (χ3v) is 4.01. The maximum atomic E-state index is 6.30. The van der Waals surface area contributed by atoms with Gasteiger partial charge in [-0.05, 0) is 38.6 Å². The largest absolute Gasteiger partial charge is 0.325 e. The average molecular weight is 196 g/mol. The summed E-state index contributed by atoms with van der Waals surface area (Å²) in [6, 6.07) is 0.806. The molecule has 0 aliphatic heterocycles. The molecule has 2 aliphatic carbocycles. The minimum absolute atomic E-state index is 0.186. The molecule has 2 rings (SSSR count). The molecule has 0 amide bonds. The Labute approximate surface area is 87.6 Å². The maximum Gasteiger partial charge on any atom is 0.0166 e. The second kappa shape index (κ2) is 4.63. The number of hydrogen-bond donors (Lipinski definition) is 2. The predicted octanol–water partition coefficient (Wildman–Crippen LogP) is 2.18. The first kappa shape index (κ1) is 10.4. The maximum absolute atomic E-state index is 6.30. The summed E-state index contributed by atoms with van der Waals surface area (Å²) in [5, 5.41) is 3.65. The van der Waals surface area contributed by atoms with Crippen molar-refractivity contribution in [2.24, 2.45) is 5.73 Å². The average Bonchev–Trinajstić information content (AvgIpc) is 2.77. The summed E-state index contributed by atoms with van der Waals surface area (Å²) < 4.78 is 0. The van der Waals surface area contributed by atoms with Crippen LogP contribution in [0, 0.1) is 0 Å². The highest BCUT2D eigenvalue weighted by molar-refractivity contribution is 4.90. The molecule has 2 fully saturated rings. The predicted molar refractivity (Wildman–Crippen MR) is 60.3 cm³/mol. The lowest BCUT2D eigenvalue weighted by Gasteiger charge is -2.24. The molecule has 0 aromatic heterocycles. The molecule has 2 heteroatoms. The zero-order valence-electron chi connectivity index (χ0n) is 9.23. The summed E-state index contributed by atoms with van der Waals surface area (Å²) >= 11 is 0. The van der Waals surface area contributed by atoms with Crippen LogP contribution in [0.15, 0.2) is 0 Å². The zero-order chi connectivity index (χ0) is 9.86. The molecule has 0 saturated heterocycles. The molecule has 82 valence electrons. The lowest BCUT2D eigenvalue weighted by atomic mass is 9.95. The van der Waals surface area contributed by atoms with E-state index >= 15 is 0 Å². The lowest BCUT2D eigenvalue weighted by molar-refractivity contribution is 0.378. The molecule has 0 radical (unpaired) electrons. The summed E-state index contributed by atoms with van der Waals surface area (Å²) in [4.78, 5) is 0. The first-order chi connectivity index (χ1) is 6.79. The van der Waals surface area contributed by atoms with Gasteiger partial charge in [-0.15, -0.1) is 0 Å². The van der Waals surface area contributed by atoms with Gasteiger partial charge in [-0.3, -0.25) is 0 Å². The van der Waals surface area contributed by atoms with E-state index in [1.165, 1.54) is 57.8 Å². The monoisotopic (exact) mass is 196 g/mol. The van der Waals surface area contributed by atoms with Crippen molar-refractivity contribution < 1.29 is 0 Å². The quantitative estimate of drug-likeness (QED) is 0.723. The van der Waals surface area contributed by atoms with Crippen molar-refractivity contribution in [3.05, 3.63) is 0 Å². The van der Waals surface area contributed by atoms with E-state index in [1.807, 2.05) is 0 Å². The fourth-order valence-corrected chi connectivity index (χ4v) is 2.98. The highest BCUT2D eigenvalue weighted by Crippen LogP contribution is 2.29. The fraction of sp³-hybridized carbons (Fsp3) is 1.00. The highest BCUT2D eigenvalue weighted by Gasteiger charge is 2.28. The smallest absolute Gasteiger partial charge is 0.0166 e. The van der Waals surface area contributed by atoms with Gasteiger partial charge in [0.05, 0.1) is 0 Å². The minimum atomic E-state index is 0.186. The van der Waals surface area contributed by atoms with Crippen LogP contribution in [0.2, 0.25) is 0 Å².